The third-order valence-corrected chi connectivity index (χ3v) is 5.07. The Morgan fingerprint density at radius 1 is 1.33 bits per heavy atom. The highest BCUT2D eigenvalue weighted by Gasteiger charge is 2.31. The molecule has 1 fully saturated rings. The van der Waals surface area contributed by atoms with E-state index in [1.807, 2.05) is 31.4 Å². The van der Waals surface area contributed by atoms with E-state index in [9.17, 15) is 4.79 Å². The highest BCUT2D eigenvalue weighted by atomic mass is 32.2. The van der Waals surface area contributed by atoms with Gasteiger partial charge in [0.25, 0.3) is 0 Å². The van der Waals surface area contributed by atoms with Crippen LogP contribution in [0.4, 0.5) is 5.69 Å². The van der Waals surface area contributed by atoms with Crippen molar-refractivity contribution in [3.8, 4) is 5.69 Å². The van der Waals surface area contributed by atoms with Gasteiger partial charge in [-0.2, -0.15) is 0 Å². The number of thioether (sulfide) groups is 1. The number of aromatic nitrogens is 3. The summed E-state index contributed by atoms with van der Waals surface area (Å²) in [5, 5.41) is 3.13. The molecule has 0 aliphatic heterocycles. The van der Waals surface area contributed by atoms with Crippen LogP contribution in [0.25, 0.3) is 16.9 Å². The molecule has 3 aromatic rings. The number of carbonyl (C=O) groups is 1. The van der Waals surface area contributed by atoms with Crippen molar-refractivity contribution in [2.75, 3.05) is 12.4 Å². The standard InChI is InChI=1S/C18H18N4OS/c1-11-7-8-20-18-16(11)21-17(12-3-4-12)22(18)13-5-6-14(19-2)15(9-13)24-10-23/h5-10,12,19H,3-4H2,1-2H3. The molecule has 0 spiro atoms. The van der Waals surface area contributed by atoms with E-state index in [0.717, 1.165) is 44.4 Å². The van der Waals surface area contributed by atoms with Crippen molar-refractivity contribution < 1.29 is 4.79 Å². The molecule has 2 heterocycles. The first kappa shape index (κ1) is 15.2. The number of fused-ring (bicyclic) bond motifs is 1. The molecule has 0 radical (unpaired) electrons. The van der Waals surface area contributed by atoms with Crippen molar-refractivity contribution in [1.82, 2.24) is 14.5 Å². The van der Waals surface area contributed by atoms with Crippen LogP contribution in [0.15, 0.2) is 35.4 Å². The number of hydrogen-bond acceptors (Lipinski definition) is 5. The minimum atomic E-state index is 0.504. The summed E-state index contributed by atoms with van der Waals surface area (Å²) in [6, 6.07) is 8.08. The van der Waals surface area contributed by atoms with Crippen LogP contribution in [0.1, 0.15) is 30.1 Å². The highest BCUT2D eigenvalue weighted by molar-refractivity contribution is 8.12. The monoisotopic (exact) mass is 338 g/mol. The Kier molecular flexibility index (Phi) is 3.76. The molecular weight excluding hydrogens is 320 g/mol. The third-order valence-electron chi connectivity index (χ3n) is 4.38. The minimum absolute atomic E-state index is 0.504. The molecule has 6 heteroatoms. The summed E-state index contributed by atoms with van der Waals surface area (Å²) in [4.78, 5) is 21.3. The Balaban J connectivity index is 1.95. The Morgan fingerprint density at radius 2 is 2.17 bits per heavy atom. The first-order valence-electron chi connectivity index (χ1n) is 7.99. The van der Waals surface area contributed by atoms with Crippen LogP contribution in [0.3, 0.4) is 0 Å². The molecule has 24 heavy (non-hydrogen) atoms. The van der Waals surface area contributed by atoms with Crippen molar-refractivity contribution in [3.05, 3.63) is 41.9 Å². The second kappa shape index (κ2) is 5.94. The summed E-state index contributed by atoms with van der Waals surface area (Å²) in [5.74, 6) is 1.58. The van der Waals surface area contributed by atoms with Crippen LogP contribution in [0.2, 0.25) is 0 Å². The maximum absolute atomic E-state index is 11.0. The summed E-state index contributed by atoms with van der Waals surface area (Å²) < 4.78 is 2.15. The van der Waals surface area contributed by atoms with Gasteiger partial charge in [-0.05, 0) is 49.6 Å². The molecule has 5 nitrogen and oxygen atoms in total. The number of anilines is 1. The fraction of sp³-hybridized carbons (Fsp3) is 0.278. The predicted molar refractivity (Wildman–Crippen MR) is 97.7 cm³/mol. The van der Waals surface area contributed by atoms with Crippen LogP contribution in [0, 0.1) is 6.92 Å². The van der Waals surface area contributed by atoms with Crippen LogP contribution in [-0.2, 0) is 4.79 Å². The van der Waals surface area contributed by atoms with Gasteiger partial charge < -0.3 is 5.32 Å². The summed E-state index contributed by atoms with van der Waals surface area (Å²) >= 11 is 1.18. The second-order valence-electron chi connectivity index (χ2n) is 6.02. The Labute approximate surface area is 144 Å². The summed E-state index contributed by atoms with van der Waals surface area (Å²) in [6.07, 6.45) is 4.18. The summed E-state index contributed by atoms with van der Waals surface area (Å²) in [7, 11) is 1.86. The lowest BCUT2D eigenvalue weighted by molar-refractivity contribution is 0.570. The number of rotatable bonds is 5. The molecule has 0 amide bonds. The molecule has 1 aromatic carbocycles. The van der Waals surface area contributed by atoms with Gasteiger partial charge in [-0.3, -0.25) is 9.36 Å². The molecule has 1 aliphatic carbocycles. The van der Waals surface area contributed by atoms with Gasteiger partial charge in [0.1, 0.15) is 11.3 Å². The molecule has 0 saturated heterocycles. The fourth-order valence-electron chi connectivity index (χ4n) is 2.99. The molecule has 1 saturated carbocycles. The lowest BCUT2D eigenvalue weighted by Crippen LogP contribution is -2.02. The smallest absolute Gasteiger partial charge is 0.181 e. The number of pyridine rings is 1. The quantitative estimate of drug-likeness (QED) is 0.564. The summed E-state index contributed by atoms with van der Waals surface area (Å²) in [5.41, 5.74) is 5.78. The molecule has 0 bridgehead atoms. The van der Waals surface area contributed by atoms with E-state index >= 15 is 0 Å². The molecule has 122 valence electrons. The van der Waals surface area contributed by atoms with Crippen molar-refractivity contribution in [2.45, 2.75) is 30.6 Å². The predicted octanol–water partition coefficient (Wildman–Crippen LogP) is 3.93. The lowest BCUT2D eigenvalue weighted by Gasteiger charge is -2.12. The average molecular weight is 338 g/mol. The zero-order chi connectivity index (χ0) is 16.7. The normalized spacial score (nSPS) is 14.1. The van der Waals surface area contributed by atoms with Gasteiger partial charge in [-0.25, -0.2) is 9.97 Å². The molecule has 4 rings (SSSR count). The van der Waals surface area contributed by atoms with Gasteiger partial charge in [0.2, 0.25) is 0 Å². The fourth-order valence-corrected chi connectivity index (χ4v) is 3.58. The molecule has 0 unspecified atom stereocenters. The number of aryl methyl sites for hydroxylation is 1. The van der Waals surface area contributed by atoms with E-state index < -0.39 is 0 Å². The van der Waals surface area contributed by atoms with Gasteiger partial charge in [-0.1, -0.05) is 11.8 Å². The van der Waals surface area contributed by atoms with E-state index in [1.165, 1.54) is 24.6 Å². The van der Waals surface area contributed by atoms with Crippen molar-refractivity contribution >= 4 is 34.2 Å². The topological polar surface area (TPSA) is 59.8 Å². The largest absolute Gasteiger partial charge is 0.387 e. The van der Waals surface area contributed by atoms with E-state index in [2.05, 4.69) is 27.9 Å². The second-order valence-corrected chi connectivity index (χ2v) is 6.89. The average Bonchev–Trinajstić information content (AvgIpc) is 3.36. The lowest BCUT2D eigenvalue weighted by atomic mass is 10.2. The number of benzene rings is 1. The first-order chi connectivity index (χ1) is 11.7. The number of carbonyl (C=O) groups excluding carboxylic acids is 1. The van der Waals surface area contributed by atoms with E-state index in [1.54, 1.807) is 0 Å². The molecule has 1 N–H and O–H groups in total. The Morgan fingerprint density at radius 3 is 2.88 bits per heavy atom. The molecule has 2 aromatic heterocycles. The summed E-state index contributed by atoms with van der Waals surface area (Å²) in [6.45, 7) is 2.07. The van der Waals surface area contributed by atoms with E-state index in [-0.39, 0.29) is 0 Å². The zero-order valence-electron chi connectivity index (χ0n) is 13.6. The SMILES string of the molecule is CNc1ccc(-n2c(C3CC3)nc3c(C)ccnc32)cc1SC=O. The van der Waals surface area contributed by atoms with Crippen LogP contribution in [0.5, 0.6) is 0 Å². The first-order valence-corrected chi connectivity index (χ1v) is 8.87. The number of nitrogens with one attached hydrogen (secondary N) is 1. The van der Waals surface area contributed by atoms with E-state index in [4.69, 9.17) is 4.98 Å². The molecule has 1 aliphatic rings. The third kappa shape index (κ3) is 2.47. The van der Waals surface area contributed by atoms with Gasteiger partial charge in [0, 0.05) is 29.7 Å². The number of nitrogens with zero attached hydrogens (tertiary/aromatic N) is 3. The Hall–Kier alpha value is -2.34. The van der Waals surface area contributed by atoms with Crippen LogP contribution in [-0.4, -0.2) is 27.2 Å². The van der Waals surface area contributed by atoms with Gasteiger partial charge in [0.15, 0.2) is 11.3 Å². The maximum Gasteiger partial charge on any atom is 0.181 e. The van der Waals surface area contributed by atoms with Crippen molar-refractivity contribution in [2.24, 2.45) is 0 Å². The van der Waals surface area contributed by atoms with Crippen molar-refractivity contribution in [1.29, 1.82) is 0 Å². The van der Waals surface area contributed by atoms with Crippen LogP contribution < -0.4 is 5.32 Å². The van der Waals surface area contributed by atoms with Crippen LogP contribution >= 0.6 is 11.8 Å². The number of hydrogen-bond donors (Lipinski definition) is 1. The maximum atomic E-state index is 11.0. The van der Waals surface area contributed by atoms with E-state index in [0.29, 0.717) is 5.92 Å². The highest BCUT2D eigenvalue weighted by Crippen LogP contribution is 2.42. The minimum Gasteiger partial charge on any atom is -0.387 e. The molecule has 0 atom stereocenters. The number of imidazole rings is 1. The zero-order valence-corrected chi connectivity index (χ0v) is 14.4. The van der Waals surface area contributed by atoms with Gasteiger partial charge in [-0.15, -0.1) is 0 Å². The van der Waals surface area contributed by atoms with Gasteiger partial charge >= 0.3 is 0 Å². The Bertz CT molecular complexity index is 930. The molecular formula is C18H18N4OS. The van der Waals surface area contributed by atoms with Gasteiger partial charge in [0.05, 0.1) is 5.69 Å². The van der Waals surface area contributed by atoms with Crippen molar-refractivity contribution in [3.63, 3.8) is 0 Å².